The van der Waals surface area contributed by atoms with E-state index in [4.69, 9.17) is 11.6 Å². The quantitative estimate of drug-likeness (QED) is 0.158. The van der Waals surface area contributed by atoms with Crippen molar-refractivity contribution in [2.45, 2.75) is 50.6 Å². The summed E-state index contributed by atoms with van der Waals surface area (Å²) in [6.07, 6.45) is 2.29. The summed E-state index contributed by atoms with van der Waals surface area (Å²) in [5, 5.41) is 12.1. The number of rotatable bonds is 9. The highest BCUT2D eigenvalue weighted by Crippen LogP contribution is 2.41. The molecular formula is C28H33ClN4OS2. The van der Waals surface area contributed by atoms with Gasteiger partial charge >= 0.3 is 0 Å². The number of thiol groups is 1. The lowest BCUT2D eigenvalue weighted by atomic mass is 10.0. The summed E-state index contributed by atoms with van der Waals surface area (Å²) in [6, 6.07) is 16.9. The lowest BCUT2D eigenvalue weighted by molar-refractivity contribution is -0.116. The summed E-state index contributed by atoms with van der Waals surface area (Å²) in [7, 11) is 0. The van der Waals surface area contributed by atoms with Gasteiger partial charge in [-0.05, 0) is 62.6 Å². The van der Waals surface area contributed by atoms with Crippen molar-refractivity contribution >= 4 is 55.9 Å². The Morgan fingerprint density at radius 3 is 2.78 bits per heavy atom. The number of para-hydroxylation sites is 1. The normalized spacial score (nSPS) is 15.1. The third-order valence-corrected chi connectivity index (χ3v) is 9.44. The van der Waals surface area contributed by atoms with Crippen molar-refractivity contribution < 1.29 is 4.79 Å². The number of halogens is 1. The monoisotopic (exact) mass is 540 g/mol. The number of amides is 1. The van der Waals surface area contributed by atoms with Crippen LogP contribution in [-0.2, 0) is 24.2 Å². The van der Waals surface area contributed by atoms with Gasteiger partial charge in [-0.2, -0.15) is 0 Å². The van der Waals surface area contributed by atoms with E-state index in [1.54, 1.807) is 11.3 Å². The van der Waals surface area contributed by atoms with E-state index < -0.39 is 0 Å². The summed E-state index contributed by atoms with van der Waals surface area (Å²) < 4.78 is 0. The Kier molecular flexibility index (Phi) is 8.13. The summed E-state index contributed by atoms with van der Waals surface area (Å²) in [6.45, 7) is 7.93. The summed E-state index contributed by atoms with van der Waals surface area (Å²) in [5.41, 5.74) is 4.89. The number of carbonyl (C=O) groups is 1. The topological polar surface area (TPSA) is 56.4 Å². The fourth-order valence-electron chi connectivity index (χ4n) is 4.71. The Hall–Kier alpha value is -2.16. The highest BCUT2D eigenvalue weighted by atomic mass is 35.5. The number of carbonyl (C=O) groups excluding carboxylic acids is 1. The van der Waals surface area contributed by atoms with Crippen molar-refractivity contribution in [2.24, 2.45) is 0 Å². The molecule has 3 aromatic rings. The molecular weight excluding hydrogens is 508 g/mol. The van der Waals surface area contributed by atoms with E-state index in [-0.39, 0.29) is 5.91 Å². The number of fused-ring (bicyclic) bond motifs is 2. The molecule has 5 rings (SSSR count). The highest BCUT2D eigenvalue weighted by molar-refractivity contribution is 8.00. The maximum absolute atomic E-state index is 13.0. The minimum atomic E-state index is 0.0496. The van der Waals surface area contributed by atoms with Crippen LogP contribution < -0.4 is 16.0 Å². The smallest absolute Gasteiger partial charge is 0.226 e. The molecule has 5 nitrogen and oxygen atoms in total. The molecule has 0 unspecified atom stereocenters. The molecule has 0 saturated carbocycles. The number of hydrogen-bond acceptors (Lipinski definition) is 5. The molecule has 0 bridgehead atoms. The average molecular weight is 541 g/mol. The molecule has 2 aliphatic heterocycles. The third kappa shape index (κ3) is 5.71. The predicted molar refractivity (Wildman–Crippen MR) is 156 cm³/mol. The van der Waals surface area contributed by atoms with Gasteiger partial charge in [0.2, 0.25) is 5.91 Å². The van der Waals surface area contributed by atoms with Gasteiger partial charge in [0.1, 0.15) is 5.00 Å². The first-order valence-corrected chi connectivity index (χ1v) is 14.7. The zero-order valence-electron chi connectivity index (χ0n) is 20.7. The van der Waals surface area contributed by atoms with Gasteiger partial charge < -0.3 is 16.0 Å². The molecule has 2 aromatic carbocycles. The maximum atomic E-state index is 13.0. The lowest BCUT2D eigenvalue weighted by Gasteiger charge is -2.30. The number of benzene rings is 2. The van der Waals surface area contributed by atoms with Crippen LogP contribution in [0.25, 0.3) is 0 Å². The summed E-state index contributed by atoms with van der Waals surface area (Å²) >= 11 is 9.16. The van der Waals surface area contributed by atoms with Gasteiger partial charge in [-0.1, -0.05) is 41.9 Å². The molecule has 0 atom stereocenters. The van der Waals surface area contributed by atoms with Crippen LogP contribution >= 0.6 is 34.3 Å². The molecule has 0 aliphatic carbocycles. The molecule has 3 N–H and O–H groups in total. The van der Waals surface area contributed by atoms with Crippen molar-refractivity contribution in [3.63, 3.8) is 0 Å². The fraction of sp³-hybridized carbons (Fsp3) is 0.357. The molecule has 8 heteroatoms. The Labute approximate surface area is 226 Å². The molecule has 190 valence electrons. The standard InChI is InChI=1S/C28H33ClN4OS2/c1-18(2)33-16-13-20-24(17-33)36-28(26(20)27-31-22-9-5-6-10-23(22)35-27)32-25(34)12-15-30-14-11-19-7-3-4-8-21(19)29/h3-10,18,30-31,35H,11-17H2,1-2H3,(H,32,34). The Morgan fingerprint density at radius 2 is 1.97 bits per heavy atom. The van der Waals surface area contributed by atoms with E-state index in [2.05, 4.69) is 59.0 Å². The van der Waals surface area contributed by atoms with Gasteiger partial charge in [0.25, 0.3) is 0 Å². The van der Waals surface area contributed by atoms with Gasteiger partial charge in [0.05, 0.1) is 10.7 Å². The minimum absolute atomic E-state index is 0.0496. The largest absolute Gasteiger partial charge is 0.349 e. The van der Waals surface area contributed by atoms with Crippen LogP contribution in [0.15, 0.2) is 53.4 Å². The van der Waals surface area contributed by atoms with E-state index in [0.29, 0.717) is 19.0 Å². The molecule has 1 amide bonds. The van der Waals surface area contributed by atoms with Crippen LogP contribution in [-0.4, -0.2) is 41.5 Å². The molecule has 1 aromatic heterocycles. The summed E-state index contributed by atoms with van der Waals surface area (Å²) in [4.78, 5) is 19.3. The molecule has 0 radical (unpaired) electrons. The van der Waals surface area contributed by atoms with Crippen molar-refractivity contribution in [2.75, 3.05) is 30.3 Å². The van der Waals surface area contributed by atoms with Crippen molar-refractivity contribution in [3.8, 4) is 0 Å². The zero-order valence-corrected chi connectivity index (χ0v) is 23.2. The van der Waals surface area contributed by atoms with E-state index in [1.165, 1.54) is 37.2 Å². The second-order valence-corrected chi connectivity index (χ2v) is 12.2. The van der Waals surface area contributed by atoms with Crippen LogP contribution in [0.1, 0.15) is 41.8 Å². The van der Waals surface area contributed by atoms with Crippen LogP contribution in [0.5, 0.6) is 0 Å². The second-order valence-electron chi connectivity index (χ2n) is 9.51. The Balaban J connectivity index is 1.26. The predicted octanol–water partition coefficient (Wildman–Crippen LogP) is 5.76. The SMILES string of the molecule is CC(C)N1CCc2c(sc(NC(=O)CCNCCc3ccccc3Cl)c2C2=[SH]c3ccccc3N2)C1. The van der Waals surface area contributed by atoms with Crippen LogP contribution in [0.2, 0.25) is 5.02 Å². The van der Waals surface area contributed by atoms with Gasteiger partial charge in [0.15, 0.2) is 0 Å². The third-order valence-electron chi connectivity index (χ3n) is 6.75. The van der Waals surface area contributed by atoms with Gasteiger partial charge in [-0.25, -0.2) is 0 Å². The van der Waals surface area contributed by atoms with Crippen LogP contribution in [0, 0.1) is 0 Å². The number of nitrogens with zero attached hydrogens (tertiary/aromatic N) is 1. The van der Waals surface area contributed by atoms with Gasteiger partial charge in [-0.15, -0.1) is 22.7 Å². The molecule has 0 saturated heterocycles. The first-order valence-electron chi connectivity index (χ1n) is 12.6. The number of nitrogens with one attached hydrogen (secondary N) is 3. The Bertz CT molecular complexity index is 1290. The highest BCUT2D eigenvalue weighted by Gasteiger charge is 2.29. The summed E-state index contributed by atoms with van der Waals surface area (Å²) in [5.74, 6) is 0.0496. The zero-order chi connectivity index (χ0) is 25.1. The fourth-order valence-corrected chi connectivity index (χ4v) is 7.50. The molecule has 0 spiro atoms. The van der Waals surface area contributed by atoms with Crippen molar-refractivity contribution in [1.82, 2.24) is 10.2 Å². The lowest BCUT2D eigenvalue weighted by Crippen LogP contribution is -2.35. The Morgan fingerprint density at radius 1 is 1.17 bits per heavy atom. The van der Waals surface area contributed by atoms with Crippen LogP contribution in [0.4, 0.5) is 10.7 Å². The molecule has 0 fully saturated rings. The molecule has 36 heavy (non-hydrogen) atoms. The van der Waals surface area contributed by atoms with E-state index in [0.717, 1.165) is 53.8 Å². The van der Waals surface area contributed by atoms with E-state index >= 15 is 0 Å². The van der Waals surface area contributed by atoms with E-state index in [1.807, 2.05) is 24.3 Å². The van der Waals surface area contributed by atoms with Crippen molar-refractivity contribution in [3.05, 3.63) is 75.1 Å². The number of anilines is 2. The first kappa shape index (κ1) is 25.5. The minimum Gasteiger partial charge on any atom is -0.349 e. The van der Waals surface area contributed by atoms with Crippen LogP contribution in [0.3, 0.4) is 0 Å². The van der Waals surface area contributed by atoms with Gasteiger partial charge in [0, 0.05) is 52.5 Å². The number of thiophene rings is 1. The second kappa shape index (κ2) is 11.5. The van der Waals surface area contributed by atoms with Gasteiger partial charge in [-0.3, -0.25) is 9.69 Å². The molecule has 2 aliphatic rings. The maximum Gasteiger partial charge on any atom is 0.226 e. The number of hydrogen-bond donors (Lipinski definition) is 4. The molecule has 3 heterocycles. The van der Waals surface area contributed by atoms with E-state index in [9.17, 15) is 4.79 Å². The van der Waals surface area contributed by atoms with Crippen molar-refractivity contribution in [1.29, 1.82) is 0 Å². The first-order chi connectivity index (χ1) is 17.5. The average Bonchev–Trinajstić information content (AvgIpc) is 3.44.